The lowest BCUT2D eigenvalue weighted by Gasteiger charge is -2.33. The smallest absolute Gasteiger partial charge is 0.335 e. The Balaban J connectivity index is 4.95. The molecule has 0 saturated heterocycles. The monoisotopic (exact) mass is 218 g/mol. The van der Waals surface area contributed by atoms with E-state index in [4.69, 9.17) is 14.9 Å². The number of ether oxygens (including phenoxy) is 1. The molecule has 0 aromatic rings. The summed E-state index contributed by atoms with van der Waals surface area (Å²) in [6, 6.07) is 0. The molecular weight excluding hydrogens is 200 g/mol. The van der Waals surface area contributed by atoms with Crippen LogP contribution < -0.4 is 0 Å². The van der Waals surface area contributed by atoms with Gasteiger partial charge in [-0.3, -0.25) is 0 Å². The molecule has 0 aromatic heterocycles. The molecule has 2 N–H and O–H groups in total. The van der Waals surface area contributed by atoms with Crippen LogP contribution in [0.3, 0.4) is 0 Å². The van der Waals surface area contributed by atoms with Crippen molar-refractivity contribution >= 4 is 11.9 Å². The molecule has 0 radical (unpaired) electrons. The van der Waals surface area contributed by atoms with E-state index in [0.29, 0.717) is 0 Å². The quantitative estimate of drug-likeness (QED) is 0.706. The molecule has 88 valence electrons. The summed E-state index contributed by atoms with van der Waals surface area (Å²) in [7, 11) is 0. The van der Waals surface area contributed by atoms with Gasteiger partial charge in [0.2, 0.25) is 0 Å². The summed E-state index contributed by atoms with van der Waals surface area (Å²) < 4.78 is 5.25. The van der Waals surface area contributed by atoms with E-state index in [0.717, 1.165) is 0 Å². The lowest BCUT2D eigenvalue weighted by atomic mass is 9.98. The van der Waals surface area contributed by atoms with Gasteiger partial charge in [-0.05, 0) is 26.7 Å². The molecule has 0 fully saturated rings. The summed E-state index contributed by atoms with van der Waals surface area (Å²) in [4.78, 5) is 21.9. The Labute approximate surface area is 89.0 Å². The van der Waals surface area contributed by atoms with E-state index < -0.39 is 23.1 Å². The van der Waals surface area contributed by atoms with Crippen LogP contribution in [0, 0.1) is 0 Å². The van der Waals surface area contributed by atoms with Crippen molar-refractivity contribution in [3.05, 3.63) is 0 Å². The van der Waals surface area contributed by atoms with E-state index in [1.807, 2.05) is 0 Å². The molecule has 0 aliphatic heterocycles. The van der Waals surface area contributed by atoms with Crippen LogP contribution in [0.1, 0.15) is 40.5 Å². The third kappa shape index (κ3) is 2.92. The minimum atomic E-state index is -1.46. The maximum absolute atomic E-state index is 11.0. The summed E-state index contributed by atoms with van der Waals surface area (Å²) in [6.45, 7) is 6.05. The van der Waals surface area contributed by atoms with Crippen LogP contribution in [0.25, 0.3) is 0 Å². The average molecular weight is 218 g/mol. The lowest BCUT2D eigenvalue weighted by Crippen LogP contribution is -2.49. The van der Waals surface area contributed by atoms with Crippen molar-refractivity contribution in [2.24, 2.45) is 0 Å². The number of hydrogen-bond acceptors (Lipinski definition) is 3. The number of carbonyl (C=O) groups is 2. The molecule has 0 aliphatic carbocycles. The molecule has 0 bridgehead atoms. The first-order valence-electron chi connectivity index (χ1n) is 4.89. The van der Waals surface area contributed by atoms with Crippen molar-refractivity contribution in [2.75, 3.05) is 0 Å². The Kier molecular flexibility index (Phi) is 4.27. The highest BCUT2D eigenvalue weighted by Crippen LogP contribution is 2.26. The molecule has 0 amide bonds. The molecule has 2 atom stereocenters. The standard InChI is InChI=1S/C10H18O5/c1-5-9(3,7(11)12)15-10(4,6-2)8(13)14/h5-6H2,1-4H3,(H,11,12)(H,13,14)/t9-,10-/m1/s1. The van der Waals surface area contributed by atoms with E-state index in [9.17, 15) is 9.59 Å². The minimum absolute atomic E-state index is 0.213. The summed E-state index contributed by atoms with van der Waals surface area (Å²) in [5, 5.41) is 17.9. The van der Waals surface area contributed by atoms with Gasteiger partial charge in [0.15, 0.2) is 11.2 Å². The van der Waals surface area contributed by atoms with E-state index in [1.165, 1.54) is 13.8 Å². The van der Waals surface area contributed by atoms with Crippen LogP contribution in [-0.4, -0.2) is 33.4 Å². The first-order valence-corrected chi connectivity index (χ1v) is 4.89. The SMILES string of the molecule is CC[C@@](C)(O[C@](C)(CC)C(=O)O)C(=O)O. The topological polar surface area (TPSA) is 83.8 Å². The van der Waals surface area contributed by atoms with Gasteiger partial charge in [-0.25, -0.2) is 9.59 Å². The van der Waals surface area contributed by atoms with Gasteiger partial charge in [0.25, 0.3) is 0 Å². The third-order valence-electron chi connectivity index (χ3n) is 2.70. The Bertz CT molecular complexity index is 237. The van der Waals surface area contributed by atoms with Gasteiger partial charge < -0.3 is 14.9 Å². The zero-order valence-corrected chi connectivity index (χ0v) is 9.53. The highest BCUT2D eigenvalue weighted by Gasteiger charge is 2.43. The van der Waals surface area contributed by atoms with Crippen molar-refractivity contribution < 1.29 is 24.5 Å². The van der Waals surface area contributed by atoms with Gasteiger partial charge in [0.05, 0.1) is 0 Å². The van der Waals surface area contributed by atoms with Gasteiger partial charge in [0, 0.05) is 0 Å². The fraction of sp³-hybridized carbons (Fsp3) is 0.800. The minimum Gasteiger partial charge on any atom is -0.479 e. The number of carboxylic acid groups (broad SMARTS) is 2. The predicted molar refractivity (Wildman–Crippen MR) is 53.7 cm³/mol. The van der Waals surface area contributed by atoms with Crippen LogP contribution in [0.2, 0.25) is 0 Å². The number of aliphatic carboxylic acids is 2. The van der Waals surface area contributed by atoms with E-state index >= 15 is 0 Å². The summed E-state index contributed by atoms with van der Waals surface area (Å²) in [5.41, 5.74) is -2.91. The molecule has 0 aromatic carbocycles. The zero-order chi connectivity index (χ0) is 12.3. The number of rotatable bonds is 6. The van der Waals surface area contributed by atoms with E-state index in [-0.39, 0.29) is 12.8 Å². The van der Waals surface area contributed by atoms with Crippen LogP contribution in [0.15, 0.2) is 0 Å². The Hall–Kier alpha value is -1.10. The van der Waals surface area contributed by atoms with E-state index in [2.05, 4.69) is 0 Å². The molecule has 0 rings (SSSR count). The number of carboxylic acids is 2. The largest absolute Gasteiger partial charge is 0.479 e. The van der Waals surface area contributed by atoms with Gasteiger partial charge in [0.1, 0.15) is 0 Å². The van der Waals surface area contributed by atoms with Crippen molar-refractivity contribution in [3.8, 4) is 0 Å². The molecule has 0 unspecified atom stereocenters. The molecular formula is C10H18O5. The number of hydrogen-bond donors (Lipinski definition) is 2. The van der Waals surface area contributed by atoms with Crippen LogP contribution in [-0.2, 0) is 14.3 Å². The van der Waals surface area contributed by atoms with Crippen molar-refractivity contribution in [1.29, 1.82) is 0 Å². The van der Waals surface area contributed by atoms with Crippen LogP contribution in [0.5, 0.6) is 0 Å². The first kappa shape index (κ1) is 13.9. The zero-order valence-electron chi connectivity index (χ0n) is 9.53. The Morgan fingerprint density at radius 1 is 1.00 bits per heavy atom. The fourth-order valence-electron chi connectivity index (χ4n) is 1.03. The van der Waals surface area contributed by atoms with Crippen LogP contribution >= 0.6 is 0 Å². The predicted octanol–water partition coefficient (Wildman–Crippen LogP) is 1.51. The average Bonchev–Trinajstić information content (AvgIpc) is 2.16. The maximum atomic E-state index is 11.0. The first-order chi connectivity index (χ1) is 6.72. The Morgan fingerprint density at radius 3 is 1.40 bits per heavy atom. The molecule has 5 heteroatoms. The molecule has 0 aliphatic rings. The molecule has 5 nitrogen and oxygen atoms in total. The fourth-order valence-corrected chi connectivity index (χ4v) is 1.03. The van der Waals surface area contributed by atoms with Crippen molar-refractivity contribution in [3.63, 3.8) is 0 Å². The highest BCUT2D eigenvalue weighted by atomic mass is 16.6. The second-order valence-electron chi connectivity index (χ2n) is 3.88. The Morgan fingerprint density at radius 2 is 1.27 bits per heavy atom. The molecule has 0 spiro atoms. The molecule has 0 heterocycles. The summed E-state index contributed by atoms with van der Waals surface area (Å²) in [5.74, 6) is -2.29. The van der Waals surface area contributed by atoms with Crippen molar-refractivity contribution in [1.82, 2.24) is 0 Å². The lowest BCUT2D eigenvalue weighted by molar-refractivity contribution is -0.199. The normalized spacial score (nSPS) is 18.9. The van der Waals surface area contributed by atoms with Gasteiger partial charge in [-0.1, -0.05) is 13.8 Å². The van der Waals surface area contributed by atoms with Gasteiger partial charge in [-0.2, -0.15) is 0 Å². The highest BCUT2D eigenvalue weighted by molar-refractivity contribution is 5.80. The van der Waals surface area contributed by atoms with Gasteiger partial charge in [-0.15, -0.1) is 0 Å². The second kappa shape index (κ2) is 4.61. The van der Waals surface area contributed by atoms with E-state index in [1.54, 1.807) is 13.8 Å². The van der Waals surface area contributed by atoms with Crippen LogP contribution in [0.4, 0.5) is 0 Å². The summed E-state index contributed by atoms with van der Waals surface area (Å²) >= 11 is 0. The molecule has 15 heavy (non-hydrogen) atoms. The maximum Gasteiger partial charge on any atom is 0.335 e. The molecule has 0 saturated carbocycles. The van der Waals surface area contributed by atoms with Crippen molar-refractivity contribution in [2.45, 2.75) is 51.7 Å². The third-order valence-corrected chi connectivity index (χ3v) is 2.70. The van der Waals surface area contributed by atoms with Gasteiger partial charge >= 0.3 is 11.9 Å². The summed E-state index contributed by atoms with van der Waals surface area (Å²) in [6.07, 6.45) is 0.427. The second-order valence-corrected chi connectivity index (χ2v) is 3.88.